The lowest BCUT2D eigenvalue weighted by molar-refractivity contribution is -0.253. The van der Waals surface area contributed by atoms with E-state index in [2.05, 4.69) is 10.1 Å². The summed E-state index contributed by atoms with van der Waals surface area (Å²) in [6.45, 7) is 2.99. The summed E-state index contributed by atoms with van der Waals surface area (Å²) < 4.78 is 146. The van der Waals surface area contributed by atoms with Gasteiger partial charge in [-0.2, -0.15) is 30.7 Å². The molecular weight excluding hydrogens is 618 g/mol. The van der Waals surface area contributed by atoms with Gasteiger partial charge in [0.15, 0.2) is 11.6 Å². The van der Waals surface area contributed by atoms with Gasteiger partial charge < -0.3 is 20.5 Å². The minimum Gasteiger partial charge on any atom is -0.488 e. The van der Waals surface area contributed by atoms with Crippen molar-refractivity contribution in [2.45, 2.75) is 50.6 Å². The highest BCUT2D eigenvalue weighted by Crippen LogP contribution is 2.40. The predicted molar refractivity (Wildman–Crippen MR) is 134 cm³/mol. The van der Waals surface area contributed by atoms with Crippen molar-refractivity contribution in [1.29, 1.82) is 0 Å². The molecule has 1 unspecified atom stereocenters. The Morgan fingerprint density at radius 1 is 0.864 bits per heavy atom. The normalized spacial score (nSPS) is 13.5. The fourth-order valence-electron chi connectivity index (χ4n) is 4.15. The number of ether oxygens (including phenoxy) is 2. The number of nitrogens with one attached hydrogen (secondary N) is 1. The second-order valence-electron chi connectivity index (χ2n) is 9.65. The summed E-state index contributed by atoms with van der Waals surface area (Å²) in [5, 5.41) is 2.18. The van der Waals surface area contributed by atoms with Gasteiger partial charge in [0.05, 0.1) is 23.6 Å². The fourth-order valence-corrected chi connectivity index (χ4v) is 4.15. The zero-order valence-electron chi connectivity index (χ0n) is 22.5. The molecule has 1 atom stereocenters. The van der Waals surface area contributed by atoms with E-state index in [-0.39, 0.29) is 17.7 Å². The molecule has 0 bridgehead atoms. The van der Waals surface area contributed by atoms with Crippen LogP contribution in [0, 0.1) is 17.5 Å². The zero-order valence-corrected chi connectivity index (χ0v) is 22.5. The summed E-state index contributed by atoms with van der Waals surface area (Å²) >= 11 is 0. The molecule has 0 spiro atoms. The van der Waals surface area contributed by atoms with E-state index in [1.54, 1.807) is 0 Å². The maximum Gasteiger partial charge on any atom is 0.461 e. The monoisotopic (exact) mass is 640 g/mol. The first-order chi connectivity index (χ1) is 20.2. The number of amides is 2. The van der Waals surface area contributed by atoms with Gasteiger partial charge in [-0.05, 0) is 67.4 Å². The molecule has 0 aliphatic rings. The maximum absolute atomic E-state index is 14.8. The van der Waals surface area contributed by atoms with Crippen LogP contribution in [0.4, 0.5) is 43.9 Å². The topological polar surface area (TPSA) is 90.6 Å². The van der Waals surface area contributed by atoms with Crippen molar-refractivity contribution in [3.05, 3.63) is 94.3 Å². The third kappa shape index (κ3) is 7.71. The van der Waals surface area contributed by atoms with E-state index in [1.807, 2.05) is 0 Å². The summed E-state index contributed by atoms with van der Waals surface area (Å²) in [5.74, 6) is -8.60. The summed E-state index contributed by atoms with van der Waals surface area (Å²) in [5.41, 5.74) is -0.851. The minimum absolute atomic E-state index is 0.126. The molecule has 0 aliphatic carbocycles. The molecule has 3 aromatic carbocycles. The third-order valence-corrected chi connectivity index (χ3v) is 5.96. The van der Waals surface area contributed by atoms with E-state index in [0.29, 0.717) is 24.3 Å². The molecule has 0 aromatic heterocycles. The van der Waals surface area contributed by atoms with Gasteiger partial charge in [0.2, 0.25) is 5.91 Å². The van der Waals surface area contributed by atoms with Gasteiger partial charge in [-0.1, -0.05) is 6.07 Å². The van der Waals surface area contributed by atoms with Crippen molar-refractivity contribution in [3.63, 3.8) is 0 Å². The van der Waals surface area contributed by atoms with Crippen LogP contribution in [-0.2, 0) is 16.5 Å². The van der Waals surface area contributed by atoms with E-state index < -0.39 is 94.2 Å². The molecular formula is C28H22F10N2O4. The quantitative estimate of drug-likeness (QED) is 0.229. The number of halogens is 10. The largest absolute Gasteiger partial charge is 0.488 e. The highest BCUT2D eigenvalue weighted by molar-refractivity contribution is 5.96. The molecule has 3 N–H and O–H groups in total. The second kappa shape index (κ2) is 12.6. The van der Waals surface area contributed by atoms with Crippen LogP contribution in [0.3, 0.4) is 0 Å². The SMILES string of the molecule is CC(C)Oc1cc(C(CC(N)=O)(NC(=O)c2ccc(F)c(C(F)(F)F)c2)c2cc(F)cc(OC(F)(F)C(F)F)c2)ccc1F. The molecule has 16 heteroatoms. The van der Waals surface area contributed by atoms with Gasteiger partial charge in [-0.3, -0.25) is 9.59 Å². The fraction of sp³-hybridized carbons (Fsp3) is 0.286. The average molecular weight is 640 g/mol. The highest BCUT2D eigenvalue weighted by Gasteiger charge is 2.45. The summed E-state index contributed by atoms with van der Waals surface area (Å²) in [4.78, 5) is 25.7. The number of benzene rings is 3. The molecule has 0 fully saturated rings. The molecule has 238 valence electrons. The van der Waals surface area contributed by atoms with Crippen molar-refractivity contribution in [1.82, 2.24) is 5.32 Å². The lowest BCUT2D eigenvalue weighted by atomic mass is 9.79. The molecule has 2 amide bonds. The summed E-state index contributed by atoms with van der Waals surface area (Å²) in [6, 6.07) is 5.04. The van der Waals surface area contributed by atoms with Crippen LogP contribution in [0.5, 0.6) is 11.5 Å². The smallest absolute Gasteiger partial charge is 0.461 e. The van der Waals surface area contributed by atoms with Gasteiger partial charge in [-0.25, -0.2) is 13.2 Å². The molecule has 6 nitrogen and oxygen atoms in total. The number of alkyl halides is 7. The second-order valence-corrected chi connectivity index (χ2v) is 9.65. The van der Waals surface area contributed by atoms with Gasteiger partial charge in [0.1, 0.15) is 17.4 Å². The maximum atomic E-state index is 14.8. The van der Waals surface area contributed by atoms with Crippen LogP contribution in [0.15, 0.2) is 54.6 Å². The Morgan fingerprint density at radius 2 is 1.50 bits per heavy atom. The Morgan fingerprint density at radius 3 is 2.07 bits per heavy atom. The molecule has 44 heavy (non-hydrogen) atoms. The van der Waals surface area contributed by atoms with E-state index in [9.17, 15) is 53.5 Å². The number of hydrogen-bond acceptors (Lipinski definition) is 4. The number of hydrogen-bond donors (Lipinski definition) is 2. The van der Waals surface area contributed by atoms with Crippen LogP contribution in [0.25, 0.3) is 0 Å². The van der Waals surface area contributed by atoms with Gasteiger partial charge >= 0.3 is 18.7 Å². The first-order valence-corrected chi connectivity index (χ1v) is 12.4. The van der Waals surface area contributed by atoms with E-state index in [0.717, 1.165) is 18.2 Å². The van der Waals surface area contributed by atoms with Crippen LogP contribution in [-0.4, -0.2) is 30.5 Å². The number of carbonyl (C=O) groups excluding carboxylic acids is 2. The standard InChI is InChI=1S/C28H22F10N2O4/c1-13(2)43-22-10-15(4-6-21(22)31)26(12-23(39)41,16-8-17(29)11-18(9-16)44-28(37,38)25(32)33)40-24(42)14-3-5-20(30)19(7-14)27(34,35)36/h3-11,13,25H,12H2,1-2H3,(H2,39,41)(H,40,42). The van der Waals surface area contributed by atoms with Crippen molar-refractivity contribution in [2.75, 3.05) is 0 Å². The Hall–Kier alpha value is -4.50. The third-order valence-electron chi connectivity index (χ3n) is 5.96. The average Bonchev–Trinajstić information content (AvgIpc) is 2.87. The van der Waals surface area contributed by atoms with Crippen LogP contribution >= 0.6 is 0 Å². The molecule has 3 aromatic rings. The number of nitrogens with two attached hydrogens (primary N) is 1. The summed E-state index contributed by atoms with van der Waals surface area (Å²) in [7, 11) is 0. The molecule has 0 saturated carbocycles. The predicted octanol–water partition coefficient (Wildman–Crippen LogP) is 6.70. The molecule has 0 saturated heterocycles. The molecule has 0 heterocycles. The Balaban J connectivity index is 2.34. The Bertz CT molecular complexity index is 1550. The Kier molecular flexibility index (Phi) is 9.75. The minimum atomic E-state index is -5.25. The van der Waals surface area contributed by atoms with E-state index >= 15 is 0 Å². The van der Waals surface area contributed by atoms with Crippen LogP contribution < -0.4 is 20.5 Å². The lowest BCUT2D eigenvalue weighted by Crippen LogP contribution is -2.49. The van der Waals surface area contributed by atoms with E-state index in [1.165, 1.54) is 13.8 Å². The van der Waals surface area contributed by atoms with E-state index in [4.69, 9.17) is 10.5 Å². The number of rotatable bonds is 11. The highest BCUT2D eigenvalue weighted by atomic mass is 19.4. The van der Waals surface area contributed by atoms with Crippen LogP contribution in [0.1, 0.15) is 47.3 Å². The van der Waals surface area contributed by atoms with Crippen molar-refractivity contribution < 1.29 is 63.0 Å². The van der Waals surface area contributed by atoms with Crippen molar-refractivity contribution in [2.24, 2.45) is 5.73 Å². The molecule has 0 radical (unpaired) electrons. The van der Waals surface area contributed by atoms with Gasteiger partial charge in [-0.15, -0.1) is 0 Å². The zero-order chi connectivity index (χ0) is 33.2. The van der Waals surface area contributed by atoms with Crippen molar-refractivity contribution >= 4 is 11.8 Å². The van der Waals surface area contributed by atoms with Crippen LogP contribution in [0.2, 0.25) is 0 Å². The van der Waals surface area contributed by atoms with Crippen molar-refractivity contribution in [3.8, 4) is 11.5 Å². The number of carbonyl (C=O) groups is 2. The first kappa shape index (κ1) is 34.0. The Labute approximate surface area is 242 Å². The summed E-state index contributed by atoms with van der Waals surface area (Å²) in [6.07, 6.45) is -16.5. The number of primary amides is 1. The molecule has 3 rings (SSSR count). The van der Waals surface area contributed by atoms with Gasteiger partial charge in [0.25, 0.3) is 5.91 Å². The van der Waals surface area contributed by atoms with Gasteiger partial charge in [0, 0.05) is 11.6 Å². The molecule has 0 aliphatic heterocycles. The lowest BCUT2D eigenvalue weighted by Gasteiger charge is -2.36. The first-order valence-electron chi connectivity index (χ1n) is 12.4.